The van der Waals surface area contributed by atoms with E-state index in [2.05, 4.69) is 10.6 Å². The molecule has 3 aromatic carbocycles. The number of benzene rings is 3. The van der Waals surface area contributed by atoms with Crippen LogP contribution in [-0.4, -0.2) is 24.2 Å². The normalized spacial score (nSPS) is 12.4. The van der Waals surface area contributed by atoms with Crippen molar-refractivity contribution in [3.63, 3.8) is 0 Å². The Balaban J connectivity index is 1.56. The Morgan fingerprint density at radius 3 is 2.50 bits per heavy atom. The Morgan fingerprint density at radius 2 is 1.73 bits per heavy atom. The summed E-state index contributed by atoms with van der Waals surface area (Å²) in [6, 6.07) is 17.0. The number of anilines is 1. The number of ether oxygens (including phenoxy) is 1. The van der Waals surface area contributed by atoms with Crippen LogP contribution in [0, 0.1) is 5.82 Å². The summed E-state index contributed by atoms with van der Waals surface area (Å²) in [7, 11) is 0. The number of rotatable bonds is 5. The molecule has 0 unspecified atom stereocenters. The lowest BCUT2D eigenvalue weighted by atomic mass is 9.97. The topological polar surface area (TPSA) is 84.5 Å². The summed E-state index contributed by atoms with van der Waals surface area (Å²) in [5.41, 5.74) is 1.92. The largest absolute Gasteiger partial charge is 0.482 e. The molecule has 2 amide bonds. The molecule has 0 radical (unpaired) electrons. The fourth-order valence-electron chi connectivity index (χ4n) is 3.14. The molecule has 150 valence electrons. The summed E-state index contributed by atoms with van der Waals surface area (Å²) in [5, 5.41) is 5.41. The van der Waals surface area contributed by atoms with Crippen LogP contribution in [0.15, 0.2) is 66.7 Å². The van der Waals surface area contributed by atoms with Gasteiger partial charge in [-0.05, 0) is 42.0 Å². The van der Waals surface area contributed by atoms with Crippen molar-refractivity contribution in [3.05, 3.63) is 94.8 Å². The van der Waals surface area contributed by atoms with E-state index in [1.165, 1.54) is 18.2 Å². The number of fused-ring (bicyclic) bond motifs is 1. The first-order chi connectivity index (χ1) is 14.5. The number of hydrogen-bond donors (Lipinski definition) is 2. The van der Waals surface area contributed by atoms with Crippen LogP contribution in [0.2, 0.25) is 0 Å². The highest BCUT2D eigenvalue weighted by Gasteiger charge is 2.21. The van der Waals surface area contributed by atoms with Gasteiger partial charge in [0.25, 0.3) is 11.8 Å². The second-order valence-corrected chi connectivity index (χ2v) is 6.73. The third kappa shape index (κ3) is 4.05. The second kappa shape index (κ2) is 8.16. The fourth-order valence-corrected chi connectivity index (χ4v) is 3.14. The highest BCUT2D eigenvalue weighted by molar-refractivity contribution is 6.16. The van der Waals surface area contributed by atoms with Gasteiger partial charge in [0.15, 0.2) is 12.4 Å². The first kappa shape index (κ1) is 19.3. The van der Waals surface area contributed by atoms with Crippen LogP contribution >= 0.6 is 0 Å². The third-order valence-electron chi connectivity index (χ3n) is 4.66. The molecular formula is C23H17FN2O4. The molecule has 0 fully saturated rings. The average Bonchev–Trinajstić information content (AvgIpc) is 2.77. The van der Waals surface area contributed by atoms with Crippen molar-refractivity contribution in [2.45, 2.75) is 6.54 Å². The summed E-state index contributed by atoms with van der Waals surface area (Å²) < 4.78 is 18.3. The summed E-state index contributed by atoms with van der Waals surface area (Å²) in [5.74, 6) is -0.945. The molecule has 6 nitrogen and oxygen atoms in total. The molecule has 3 aromatic rings. The van der Waals surface area contributed by atoms with E-state index in [-0.39, 0.29) is 41.8 Å². The summed E-state index contributed by atoms with van der Waals surface area (Å²) in [4.78, 5) is 37.3. The number of nitrogens with one attached hydrogen (secondary N) is 2. The van der Waals surface area contributed by atoms with Crippen LogP contribution in [0.25, 0.3) is 0 Å². The van der Waals surface area contributed by atoms with Gasteiger partial charge in [-0.2, -0.15) is 0 Å². The number of hydrogen-bond acceptors (Lipinski definition) is 4. The number of amides is 2. The van der Waals surface area contributed by atoms with Crippen LogP contribution in [-0.2, 0) is 11.3 Å². The average molecular weight is 404 g/mol. The lowest BCUT2D eigenvalue weighted by molar-refractivity contribution is -0.118. The molecule has 4 rings (SSSR count). The minimum Gasteiger partial charge on any atom is -0.482 e. The van der Waals surface area contributed by atoms with Crippen molar-refractivity contribution < 1.29 is 23.5 Å². The fraction of sp³-hybridized carbons (Fsp3) is 0.0870. The standard InChI is InChI=1S/C23H17FN2O4/c24-16-8-5-14(6-9-16)12-25-23(29)18-4-2-1-3-17(18)22(28)15-7-10-20-19(11-15)26-21(27)13-30-20/h1-11H,12-13H2,(H,25,29)(H,26,27). The molecule has 0 saturated heterocycles. The minimum absolute atomic E-state index is 0.0721. The smallest absolute Gasteiger partial charge is 0.262 e. The van der Waals surface area contributed by atoms with Gasteiger partial charge in [-0.3, -0.25) is 14.4 Å². The lowest BCUT2D eigenvalue weighted by Crippen LogP contribution is -2.26. The Morgan fingerprint density at radius 1 is 1.00 bits per heavy atom. The van der Waals surface area contributed by atoms with E-state index < -0.39 is 5.91 Å². The molecule has 1 aliphatic rings. The molecule has 0 aromatic heterocycles. The SMILES string of the molecule is O=C1COc2ccc(C(=O)c3ccccc3C(=O)NCc3ccc(F)cc3)cc2N1. The van der Waals surface area contributed by atoms with Gasteiger partial charge < -0.3 is 15.4 Å². The molecule has 0 bridgehead atoms. The van der Waals surface area contributed by atoms with Crippen molar-refractivity contribution in [3.8, 4) is 5.75 Å². The number of carbonyl (C=O) groups excluding carboxylic acids is 3. The summed E-state index contributed by atoms with van der Waals surface area (Å²) in [6.45, 7) is 0.126. The number of halogens is 1. The molecule has 0 aliphatic carbocycles. The molecule has 0 atom stereocenters. The number of ketones is 1. The monoisotopic (exact) mass is 404 g/mol. The van der Waals surface area contributed by atoms with Crippen molar-refractivity contribution in [1.82, 2.24) is 5.32 Å². The zero-order valence-electron chi connectivity index (χ0n) is 15.8. The molecular weight excluding hydrogens is 387 g/mol. The zero-order chi connectivity index (χ0) is 21.1. The van der Waals surface area contributed by atoms with Gasteiger partial charge in [-0.15, -0.1) is 0 Å². The highest BCUT2D eigenvalue weighted by Crippen LogP contribution is 2.29. The van der Waals surface area contributed by atoms with Crippen LogP contribution in [0.3, 0.4) is 0 Å². The van der Waals surface area contributed by atoms with E-state index in [1.54, 1.807) is 48.5 Å². The van der Waals surface area contributed by atoms with Gasteiger partial charge in [0.2, 0.25) is 0 Å². The summed E-state index contributed by atoms with van der Waals surface area (Å²) in [6.07, 6.45) is 0. The minimum atomic E-state index is -0.419. The van der Waals surface area contributed by atoms with Gasteiger partial charge in [-0.25, -0.2) is 4.39 Å². The molecule has 1 aliphatic heterocycles. The van der Waals surface area contributed by atoms with Crippen LogP contribution in [0.4, 0.5) is 10.1 Å². The van der Waals surface area contributed by atoms with E-state index >= 15 is 0 Å². The zero-order valence-corrected chi connectivity index (χ0v) is 15.8. The Kier molecular flexibility index (Phi) is 5.26. The van der Waals surface area contributed by atoms with Crippen LogP contribution in [0.1, 0.15) is 31.8 Å². The Bertz CT molecular complexity index is 1140. The van der Waals surface area contributed by atoms with Gasteiger partial charge >= 0.3 is 0 Å². The van der Waals surface area contributed by atoms with Crippen molar-refractivity contribution in [1.29, 1.82) is 0 Å². The third-order valence-corrected chi connectivity index (χ3v) is 4.66. The quantitative estimate of drug-likeness (QED) is 0.639. The van der Waals surface area contributed by atoms with E-state index in [4.69, 9.17) is 4.74 Å². The predicted molar refractivity (Wildman–Crippen MR) is 108 cm³/mol. The Labute approximate surface area is 171 Å². The first-order valence-corrected chi connectivity index (χ1v) is 9.24. The predicted octanol–water partition coefficient (Wildman–Crippen LogP) is 3.32. The van der Waals surface area contributed by atoms with Crippen molar-refractivity contribution >= 4 is 23.3 Å². The highest BCUT2D eigenvalue weighted by atomic mass is 19.1. The van der Waals surface area contributed by atoms with E-state index in [0.29, 0.717) is 17.0 Å². The maximum Gasteiger partial charge on any atom is 0.262 e. The van der Waals surface area contributed by atoms with Crippen molar-refractivity contribution in [2.24, 2.45) is 0 Å². The molecule has 0 saturated carbocycles. The van der Waals surface area contributed by atoms with E-state index in [0.717, 1.165) is 5.56 Å². The van der Waals surface area contributed by atoms with Gasteiger partial charge in [-0.1, -0.05) is 30.3 Å². The Hall–Kier alpha value is -4.00. The van der Waals surface area contributed by atoms with Crippen LogP contribution in [0.5, 0.6) is 5.75 Å². The van der Waals surface area contributed by atoms with Crippen LogP contribution < -0.4 is 15.4 Å². The first-order valence-electron chi connectivity index (χ1n) is 9.24. The second-order valence-electron chi connectivity index (χ2n) is 6.73. The maximum absolute atomic E-state index is 13.1. The van der Waals surface area contributed by atoms with Gasteiger partial charge in [0, 0.05) is 17.7 Å². The molecule has 30 heavy (non-hydrogen) atoms. The van der Waals surface area contributed by atoms with E-state index in [1.807, 2.05) is 0 Å². The molecule has 0 spiro atoms. The lowest BCUT2D eigenvalue weighted by Gasteiger charge is -2.18. The molecule has 2 N–H and O–H groups in total. The maximum atomic E-state index is 13.1. The molecule has 1 heterocycles. The molecule has 7 heteroatoms. The van der Waals surface area contributed by atoms with Gasteiger partial charge in [0.05, 0.1) is 11.3 Å². The van der Waals surface area contributed by atoms with Gasteiger partial charge in [0.1, 0.15) is 11.6 Å². The van der Waals surface area contributed by atoms with Crippen molar-refractivity contribution in [2.75, 3.05) is 11.9 Å². The van der Waals surface area contributed by atoms with E-state index in [9.17, 15) is 18.8 Å². The summed E-state index contributed by atoms with van der Waals surface area (Å²) >= 11 is 0. The number of carbonyl (C=O) groups is 3.